The Morgan fingerprint density at radius 1 is 1.00 bits per heavy atom. The second kappa shape index (κ2) is 13.2. The van der Waals surface area contributed by atoms with E-state index >= 15 is 0 Å². The predicted octanol–water partition coefficient (Wildman–Crippen LogP) is 2.05. The van der Waals surface area contributed by atoms with Gasteiger partial charge in [-0.25, -0.2) is 14.6 Å². The predicted molar refractivity (Wildman–Crippen MR) is 160 cm³/mol. The number of hydrogen-bond acceptors (Lipinski definition) is 10. The highest BCUT2D eigenvalue weighted by molar-refractivity contribution is 5.61. The van der Waals surface area contributed by atoms with Crippen LogP contribution in [0.5, 0.6) is 0 Å². The van der Waals surface area contributed by atoms with Crippen molar-refractivity contribution in [2.75, 3.05) is 50.8 Å². The Morgan fingerprint density at radius 3 is 2.63 bits per heavy atom. The molecule has 0 aliphatic carbocycles. The van der Waals surface area contributed by atoms with Crippen molar-refractivity contribution < 1.29 is 9.84 Å². The third-order valence-corrected chi connectivity index (χ3v) is 8.13. The zero-order valence-electron chi connectivity index (χ0n) is 24.0. The molecular weight excluding hydrogens is 546 g/mol. The first-order valence-electron chi connectivity index (χ1n) is 14.7. The van der Waals surface area contributed by atoms with Gasteiger partial charge in [0.1, 0.15) is 0 Å². The van der Waals surface area contributed by atoms with Crippen molar-refractivity contribution in [1.82, 2.24) is 34.4 Å². The number of hydrogen-bond donors (Lipinski definition) is 1. The largest absolute Gasteiger partial charge is 0.395 e. The first-order valence-corrected chi connectivity index (χ1v) is 14.7. The highest BCUT2D eigenvalue weighted by atomic mass is 16.5. The lowest BCUT2D eigenvalue weighted by Gasteiger charge is -2.33. The molecular formula is C31H35N9O3. The van der Waals surface area contributed by atoms with Crippen LogP contribution in [-0.2, 0) is 17.8 Å². The summed E-state index contributed by atoms with van der Waals surface area (Å²) in [5.74, 6) is 1.19. The first kappa shape index (κ1) is 28.7. The summed E-state index contributed by atoms with van der Waals surface area (Å²) in [6.07, 6.45) is 9.52. The summed E-state index contributed by atoms with van der Waals surface area (Å²) in [5.41, 5.74) is 3.61. The number of aliphatic hydroxyl groups excluding tert-OH is 1. The van der Waals surface area contributed by atoms with Crippen LogP contribution in [-0.4, -0.2) is 91.6 Å². The van der Waals surface area contributed by atoms with E-state index in [1.54, 1.807) is 24.3 Å². The topological polar surface area (TPSA) is 138 Å². The molecule has 0 spiro atoms. The third-order valence-electron chi connectivity index (χ3n) is 8.13. The second-order valence-electron chi connectivity index (χ2n) is 11.1. The van der Waals surface area contributed by atoms with Crippen molar-refractivity contribution in [2.24, 2.45) is 5.92 Å². The summed E-state index contributed by atoms with van der Waals surface area (Å²) in [4.78, 5) is 26.3. The van der Waals surface area contributed by atoms with Gasteiger partial charge in [-0.15, -0.1) is 0 Å². The van der Waals surface area contributed by atoms with Gasteiger partial charge in [-0.05, 0) is 50.0 Å². The molecule has 2 aliphatic rings. The molecule has 5 heterocycles. The van der Waals surface area contributed by atoms with E-state index in [4.69, 9.17) is 9.84 Å². The van der Waals surface area contributed by atoms with Crippen LogP contribution in [0.1, 0.15) is 18.4 Å². The van der Waals surface area contributed by atoms with Gasteiger partial charge in [-0.1, -0.05) is 12.1 Å². The van der Waals surface area contributed by atoms with Crippen LogP contribution in [0.25, 0.3) is 22.4 Å². The summed E-state index contributed by atoms with van der Waals surface area (Å²) in [6, 6.07) is 12.5. The van der Waals surface area contributed by atoms with Gasteiger partial charge >= 0.3 is 0 Å². The van der Waals surface area contributed by atoms with Gasteiger partial charge in [0.05, 0.1) is 49.4 Å². The fraction of sp³-hybridized carbons (Fsp3) is 0.419. The van der Waals surface area contributed by atoms with Gasteiger partial charge in [-0.2, -0.15) is 15.5 Å². The van der Waals surface area contributed by atoms with Crippen molar-refractivity contribution in [3.8, 4) is 28.5 Å². The molecule has 1 aromatic carbocycles. The van der Waals surface area contributed by atoms with Crippen molar-refractivity contribution in [3.63, 3.8) is 0 Å². The molecule has 12 nitrogen and oxygen atoms in total. The normalized spacial score (nSPS) is 18.0. The Morgan fingerprint density at radius 2 is 1.84 bits per heavy atom. The third kappa shape index (κ3) is 6.97. The SMILES string of the molecule is N#Cc1cccc(-c2ccc(=O)n(C[C@@H]3CN(c4ncc(-c5cnn(CC6CCN(CCO)CC6)c5)cn4)CCO3)n2)c1. The van der Waals surface area contributed by atoms with Crippen LogP contribution < -0.4 is 10.5 Å². The minimum Gasteiger partial charge on any atom is -0.395 e. The van der Waals surface area contributed by atoms with E-state index < -0.39 is 0 Å². The zero-order chi connectivity index (χ0) is 29.6. The lowest BCUT2D eigenvalue weighted by Crippen LogP contribution is -2.46. The van der Waals surface area contributed by atoms with Gasteiger partial charge in [0.2, 0.25) is 5.95 Å². The molecule has 1 N–H and O–H groups in total. The van der Waals surface area contributed by atoms with E-state index in [1.807, 2.05) is 29.3 Å². The lowest BCUT2D eigenvalue weighted by atomic mass is 9.97. The molecule has 0 unspecified atom stereocenters. The fourth-order valence-electron chi connectivity index (χ4n) is 5.73. The summed E-state index contributed by atoms with van der Waals surface area (Å²) >= 11 is 0. The monoisotopic (exact) mass is 581 g/mol. The van der Waals surface area contributed by atoms with E-state index in [-0.39, 0.29) is 18.3 Å². The standard InChI is InChI=1S/C31H35N9O3/c32-15-24-2-1-3-25(14-24)29-4-5-30(42)40(36-29)22-28-21-38(11-13-43-28)31-33-16-26(17-34-31)27-18-35-39(20-27)19-23-6-8-37(9-7-23)10-12-41/h1-5,14,16-18,20,23,28,41H,6-13,19,21-22H2/t28-/m0/s1. The number of piperidine rings is 1. The molecule has 43 heavy (non-hydrogen) atoms. The Kier molecular flexibility index (Phi) is 8.83. The molecule has 12 heteroatoms. The van der Waals surface area contributed by atoms with Crippen LogP contribution in [0.15, 0.2) is 66.0 Å². The van der Waals surface area contributed by atoms with E-state index in [9.17, 15) is 10.1 Å². The number of nitriles is 1. The van der Waals surface area contributed by atoms with Crippen LogP contribution in [0.4, 0.5) is 5.95 Å². The van der Waals surface area contributed by atoms with Crippen molar-refractivity contribution in [3.05, 3.63) is 77.1 Å². The minimum absolute atomic E-state index is 0.214. The van der Waals surface area contributed by atoms with Gasteiger partial charge in [0.25, 0.3) is 5.56 Å². The average molecular weight is 582 g/mol. The van der Waals surface area contributed by atoms with Crippen LogP contribution >= 0.6 is 0 Å². The Bertz CT molecular complexity index is 1620. The summed E-state index contributed by atoms with van der Waals surface area (Å²) < 4.78 is 9.41. The van der Waals surface area contributed by atoms with Crippen molar-refractivity contribution in [2.45, 2.75) is 32.0 Å². The van der Waals surface area contributed by atoms with Gasteiger partial charge < -0.3 is 19.6 Å². The lowest BCUT2D eigenvalue weighted by molar-refractivity contribution is 0.0260. The number of benzene rings is 1. The summed E-state index contributed by atoms with van der Waals surface area (Å²) in [6.45, 7) is 5.85. The molecule has 6 rings (SSSR count). The first-order chi connectivity index (χ1) is 21.1. The molecule has 2 aliphatic heterocycles. The molecule has 1 atom stereocenters. The van der Waals surface area contributed by atoms with Crippen molar-refractivity contribution >= 4 is 5.95 Å². The molecule has 0 saturated carbocycles. The molecule has 0 bridgehead atoms. The Hall–Kier alpha value is -4.44. The van der Waals surface area contributed by atoms with E-state index in [2.05, 4.69) is 42.2 Å². The molecule has 3 aromatic heterocycles. The van der Waals surface area contributed by atoms with Crippen LogP contribution in [0.2, 0.25) is 0 Å². The number of morpholine rings is 1. The van der Waals surface area contributed by atoms with Crippen LogP contribution in [0.3, 0.4) is 0 Å². The van der Waals surface area contributed by atoms with E-state index in [0.717, 1.165) is 55.7 Å². The number of aliphatic hydroxyl groups is 1. The Labute approximate surface area is 249 Å². The van der Waals surface area contributed by atoms with Crippen LogP contribution in [0, 0.1) is 17.2 Å². The number of aromatic nitrogens is 6. The maximum atomic E-state index is 12.6. The highest BCUT2D eigenvalue weighted by Gasteiger charge is 2.24. The average Bonchev–Trinajstić information content (AvgIpc) is 3.52. The molecule has 2 saturated heterocycles. The number of likely N-dealkylation sites (tertiary alicyclic amines) is 1. The number of β-amino-alcohol motifs (C(OH)–C–C–N with tert-alkyl or cyclic N) is 1. The zero-order valence-corrected chi connectivity index (χ0v) is 24.0. The van der Waals surface area contributed by atoms with Gasteiger partial charge in [0, 0.05) is 67.5 Å². The van der Waals surface area contributed by atoms with Crippen molar-refractivity contribution in [1.29, 1.82) is 5.26 Å². The minimum atomic E-state index is -0.267. The molecule has 2 fully saturated rings. The maximum absolute atomic E-state index is 12.6. The number of ether oxygens (including phenoxy) is 1. The molecule has 0 amide bonds. The van der Waals surface area contributed by atoms with Gasteiger partial charge in [-0.3, -0.25) is 9.48 Å². The summed E-state index contributed by atoms with van der Waals surface area (Å²) in [5, 5.41) is 27.5. The van der Waals surface area contributed by atoms with Gasteiger partial charge in [0.15, 0.2) is 0 Å². The quantitative estimate of drug-likeness (QED) is 0.313. The van der Waals surface area contributed by atoms with E-state index in [0.29, 0.717) is 49.4 Å². The Balaban J connectivity index is 1.07. The molecule has 0 radical (unpaired) electrons. The smallest absolute Gasteiger partial charge is 0.266 e. The fourth-order valence-corrected chi connectivity index (χ4v) is 5.73. The highest BCUT2D eigenvalue weighted by Crippen LogP contribution is 2.23. The number of anilines is 1. The maximum Gasteiger partial charge on any atom is 0.266 e. The summed E-state index contributed by atoms with van der Waals surface area (Å²) in [7, 11) is 0. The second-order valence-corrected chi connectivity index (χ2v) is 11.1. The molecule has 4 aromatic rings. The number of rotatable bonds is 9. The molecule has 222 valence electrons. The number of nitrogens with zero attached hydrogens (tertiary/aromatic N) is 9. The van der Waals surface area contributed by atoms with E-state index in [1.165, 1.54) is 10.7 Å².